The second-order valence-corrected chi connectivity index (χ2v) is 7.91. The molecule has 1 heterocycles. The van der Waals surface area contributed by atoms with Gasteiger partial charge in [-0.1, -0.05) is 42.5 Å². The van der Waals surface area contributed by atoms with Gasteiger partial charge in [-0.25, -0.2) is 0 Å². The number of benzene rings is 3. The molecule has 1 N–H and O–H groups in total. The maximum absolute atomic E-state index is 11.6. The highest BCUT2D eigenvalue weighted by Crippen LogP contribution is 2.39. The molecule has 3 aromatic carbocycles. The Morgan fingerprint density at radius 2 is 1.57 bits per heavy atom. The van der Waals surface area contributed by atoms with Crippen LogP contribution in [0.4, 0.5) is 0 Å². The van der Waals surface area contributed by atoms with Crippen LogP contribution >= 0.6 is 0 Å². The van der Waals surface area contributed by atoms with E-state index < -0.39 is 6.10 Å². The summed E-state index contributed by atoms with van der Waals surface area (Å²) in [6.45, 7) is 0.860. The summed E-state index contributed by atoms with van der Waals surface area (Å²) in [5.41, 5.74) is 5.48. The number of aliphatic hydroxyl groups excluding tert-OH is 1. The number of fused-ring (bicyclic) bond motifs is 3. The Morgan fingerprint density at radius 3 is 2.27 bits per heavy atom. The Labute approximate surface area is 178 Å². The van der Waals surface area contributed by atoms with Gasteiger partial charge in [-0.05, 0) is 72.0 Å². The van der Waals surface area contributed by atoms with E-state index in [0.717, 1.165) is 47.6 Å². The fourth-order valence-corrected chi connectivity index (χ4v) is 4.34. The number of hydrogen-bond acceptors (Lipinski definition) is 4. The van der Waals surface area contributed by atoms with Crippen LogP contribution in [0.15, 0.2) is 66.7 Å². The van der Waals surface area contributed by atoms with Crippen LogP contribution in [0.2, 0.25) is 0 Å². The SMILES string of the molecule is COc1ccc2c(c1)-c1cc(OC)ccc1C(O)C(Cc1ccccc1)N(C)CC2. The average Bonchev–Trinajstić information content (AvgIpc) is 2.83. The fourth-order valence-electron chi connectivity index (χ4n) is 4.34. The third-order valence-corrected chi connectivity index (χ3v) is 6.14. The first kappa shape index (κ1) is 20.5. The predicted molar refractivity (Wildman–Crippen MR) is 120 cm³/mol. The molecule has 3 aromatic rings. The van der Waals surface area contributed by atoms with Gasteiger partial charge in [0.2, 0.25) is 0 Å². The molecule has 0 amide bonds. The van der Waals surface area contributed by atoms with Crippen molar-refractivity contribution >= 4 is 0 Å². The van der Waals surface area contributed by atoms with E-state index >= 15 is 0 Å². The zero-order valence-electron chi connectivity index (χ0n) is 17.8. The highest BCUT2D eigenvalue weighted by atomic mass is 16.5. The Kier molecular flexibility index (Phi) is 6.07. The van der Waals surface area contributed by atoms with Crippen molar-refractivity contribution in [2.45, 2.75) is 25.0 Å². The maximum atomic E-state index is 11.6. The molecule has 30 heavy (non-hydrogen) atoms. The van der Waals surface area contributed by atoms with E-state index in [1.807, 2.05) is 30.3 Å². The lowest BCUT2D eigenvalue weighted by Gasteiger charge is -2.32. The van der Waals surface area contributed by atoms with Gasteiger partial charge in [0.1, 0.15) is 11.5 Å². The second kappa shape index (κ2) is 8.90. The van der Waals surface area contributed by atoms with Crippen LogP contribution in [0.3, 0.4) is 0 Å². The first-order valence-electron chi connectivity index (χ1n) is 10.4. The number of rotatable bonds is 4. The molecule has 0 fully saturated rings. The lowest BCUT2D eigenvalue weighted by Crippen LogP contribution is -2.39. The fraction of sp³-hybridized carbons (Fsp3) is 0.308. The van der Waals surface area contributed by atoms with Gasteiger partial charge >= 0.3 is 0 Å². The second-order valence-electron chi connectivity index (χ2n) is 7.91. The van der Waals surface area contributed by atoms with Crippen LogP contribution < -0.4 is 9.47 Å². The van der Waals surface area contributed by atoms with E-state index in [-0.39, 0.29) is 6.04 Å². The summed E-state index contributed by atoms with van der Waals surface area (Å²) in [7, 11) is 5.46. The Morgan fingerprint density at radius 1 is 0.900 bits per heavy atom. The zero-order valence-corrected chi connectivity index (χ0v) is 17.8. The van der Waals surface area contributed by atoms with Crippen molar-refractivity contribution in [2.24, 2.45) is 0 Å². The maximum Gasteiger partial charge on any atom is 0.119 e. The van der Waals surface area contributed by atoms with Crippen LogP contribution in [0.5, 0.6) is 11.5 Å². The Hall–Kier alpha value is -2.82. The quantitative estimate of drug-likeness (QED) is 0.696. The number of methoxy groups -OCH3 is 2. The van der Waals surface area contributed by atoms with Crippen molar-refractivity contribution in [1.29, 1.82) is 0 Å². The topological polar surface area (TPSA) is 41.9 Å². The van der Waals surface area contributed by atoms with Gasteiger partial charge in [-0.15, -0.1) is 0 Å². The first-order chi connectivity index (χ1) is 14.6. The molecule has 0 aliphatic carbocycles. The summed E-state index contributed by atoms with van der Waals surface area (Å²) in [5, 5.41) is 11.6. The van der Waals surface area contributed by atoms with Gasteiger partial charge in [-0.3, -0.25) is 4.90 Å². The summed E-state index contributed by atoms with van der Waals surface area (Å²) in [4.78, 5) is 2.28. The van der Waals surface area contributed by atoms with Crippen LogP contribution in [0, 0.1) is 0 Å². The molecule has 0 bridgehead atoms. The molecule has 0 aromatic heterocycles. The molecule has 156 valence electrons. The first-order valence-corrected chi connectivity index (χ1v) is 10.4. The average molecular weight is 404 g/mol. The van der Waals surface area contributed by atoms with Crippen LogP contribution in [0.25, 0.3) is 11.1 Å². The minimum Gasteiger partial charge on any atom is -0.497 e. The molecular weight excluding hydrogens is 374 g/mol. The van der Waals surface area contributed by atoms with Crippen molar-refractivity contribution in [2.75, 3.05) is 27.8 Å². The molecule has 0 saturated carbocycles. The lowest BCUT2D eigenvalue weighted by molar-refractivity contribution is 0.0638. The highest BCUT2D eigenvalue weighted by Gasteiger charge is 2.30. The van der Waals surface area contributed by atoms with E-state index in [0.29, 0.717) is 0 Å². The third kappa shape index (κ3) is 4.07. The molecular formula is C26H29NO3. The molecule has 2 unspecified atom stereocenters. The molecule has 2 atom stereocenters. The van der Waals surface area contributed by atoms with Gasteiger partial charge < -0.3 is 14.6 Å². The van der Waals surface area contributed by atoms with Gasteiger partial charge in [-0.2, -0.15) is 0 Å². The van der Waals surface area contributed by atoms with E-state index in [1.54, 1.807) is 14.2 Å². The largest absolute Gasteiger partial charge is 0.497 e. The molecule has 1 aliphatic heterocycles. The minimum absolute atomic E-state index is 0.0317. The number of nitrogens with zero attached hydrogens (tertiary/aromatic N) is 1. The van der Waals surface area contributed by atoms with Gasteiger partial charge in [0.15, 0.2) is 0 Å². The van der Waals surface area contributed by atoms with Crippen molar-refractivity contribution in [3.63, 3.8) is 0 Å². The van der Waals surface area contributed by atoms with Gasteiger partial charge in [0, 0.05) is 12.6 Å². The van der Waals surface area contributed by atoms with Gasteiger partial charge in [0.05, 0.1) is 20.3 Å². The normalized spacial score (nSPS) is 19.1. The van der Waals surface area contributed by atoms with Crippen LogP contribution in [-0.4, -0.2) is 43.9 Å². The summed E-state index contributed by atoms with van der Waals surface area (Å²) in [6, 6.07) is 22.5. The highest BCUT2D eigenvalue weighted by molar-refractivity contribution is 5.74. The smallest absolute Gasteiger partial charge is 0.119 e. The van der Waals surface area contributed by atoms with Crippen molar-refractivity contribution in [3.8, 4) is 22.6 Å². The van der Waals surface area contributed by atoms with E-state index in [4.69, 9.17) is 9.47 Å². The molecule has 4 heteroatoms. The number of ether oxygens (including phenoxy) is 2. The Bertz CT molecular complexity index is 1000. The van der Waals surface area contributed by atoms with E-state index in [2.05, 4.69) is 48.3 Å². The molecule has 4 rings (SSSR count). The zero-order chi connectivity index (χ0) is 21.1. The predicted octanol–water partition coefficient (Wildman–Crippen LogP) is 4.50. The van der Waals surface area contributed by atoms with Crippen LogP contribution in [-0.2, 0) is 12.8 Å². The summed E-state index contributed by atoms with van der Waals surface area (Å²) < 4.78 is 11.0. The number of hydrogen-bond donors (Lipinski definition) is 1. The standard InChI is InChI=1S/C26H29NO3/c1-27-14-13-19-9-10-20(29-2)16-23(19)24-17-21(30-3)11-12-22(24)26(28)25(27)15-18-7-5-4-6-8-18/h4-12,16-17,25-26,28H,13-15H2,1-3H3. The number of likely N-dealkylation sites (N-methyl/N-ethyl adjacent to an activating group) is 1. The van der Waals surface area contributed by atoms with Crippen molar-refractivity contribution < 1.29 is 14.6 Å². The lowest BCUT2D eigenvalue weighted by atomic mass is 9.88. The summed E-state index contributed by atoms with van der Waals surface area (Å²) in [5.74, 6) is 1.59. The number of aliphatic hydroxyl groups is 1. The minimum atomic E-state index is -0.631. The molecule has 4 nitrogen and oxygen atoms in total. The summed E-state index contributed by atoms with van der Waals surface area (Å²) >= 11 is 0. The molecule has 0 spiro atoms. The van der Waals surface area contributed by atoms with E-state index in [1.165, 1.54) is 11.1 Å². The Balaban J connectivity index is 1.85. The van der Waals surface area contributed by atoms with Crippen molar-refractivity contribution in [3.05, 3.63) is 83.4 Å². The molecule has 1 aliphatic rings. The van der Waals surface area contributed by atoms with Crippen LogP contribution in [0.1, 0.15) is 22.8 Å². The molecule has 0 radical (unpaired) electrons. The van der Waals surface area contributed by atoms with Gasteiger partial charge in [0.25, 0.3) is 0 Å². The van der Waals surface area contributed by atoms with Crippen molar-refractivity contribution in [1.82, 2.24) is 4.90 Å². The monoisotopic (exact) mass is 403 g/mol. The van der Waals surface area contributed by atoms with E-state index in [9.17, 15) is 5.11 Å². The summed E-state index contributed by atoms with van der Waals surface area (Å²) in [6.07, 6.45) is 1.04. The molecule has 0 saturated heterocycles. The third-order valence-electron chi connectivity index (χ3n) is 6.14.